The Morgan fingerprint density at radius 2 is 1.90 bits per heavy atom. The second kappa shape index (κ2) is 9.94. The summed E-state index contributed by atoms with van der Waals surface area (Å²) in [6, 6.07) is 18.9. The molecule has 6 heteroatoms. The fourth-order valence-corrected chi connectivity index (χ4v) is 2.69. The Kier molecular flexibility index (Phi) is 6.84. The van der Waals surface area contributed by atoms with Crippen molar-refractivity contribution in [2.24, 2.45) is 0 Å². The first kappa shape index (κ1) is 19.9. The Morgan fingerprint density at radius 3 is 2.59 bits per heavy atom. The maximum absolute atomic E-state index is 12.0. The molecule has 0 bridgehead atoms. The third-order valence-electron chi connectivity index (χ3n) is 4.31. The maximum Gasteiger partial charge on any atom is 0.248 e. The number of pyridine rings is 1. The molecule has 4 N–H and O–H groups in total. The van der Waals surface area contributed by atoms with Crippen LogP contribution in [0.4, 0.5) is 17.2 Å². The van der Waals surface area contributed by atoms with E-state index in [0.29, 0.717) is 11.4 Å². The van der Waals surface area contributed by atoms with Gasteiger partial charge >= 0.3 is 0 Å². The van der Waals surface area contributed by atoms with Crippen molar-refractivity contribution in [1.82, 2.24) is 4.98 Å². The predicted molar refractivity (Wildman–Crippen MR) is 118 cm³/mol. The number of carbonyl (C=O) groups excluding carboxylic acids is 1. The van der Waals surface area contributed by atoms with Crippen LogP contribution in [-0.2, 0) is 11.2 Å². The van der Waals surface area contributed by atoms with Crippen LogP contribution in [-0.4, -0.2) is 24.5 Å². The topological polar surface area (TPSA) is 89.3 Å². The zero-order valence-electron chi connectivity index (χ0n) is 16.3. The van der Waals surface area contributed by atoms with E-state index >= 15 is 0 Å². The molecule has 0 aliphatic carbocycles. The van der Waals surface area contributed by atoms with Crippen LogP contribution in [0.5, 0.6) is 5.75 Å². The second-order valence-electron chi connectivity index (χ2n) is 6.41. The lowest BCUT2D eigenvalue weighted by Crippen LogP contribution is -2.09. The van der Waals surface area contributed by atoms with Crippen molar-refractivity contribution in [2.45, 2.75) is 6.42 Å². The Morgan fingerprint density at radius 1 is 1.10 bits per heavy atom. The average Bonchev–Trinajstić information content (AvgIpc) is 2.75. The highest BCUT2D eigenvalue weighted by Gasteiger charge is 2.01. The van der Waals surface area contributed by atoms with E-state index in [1.54, 1.807) is 31.5 Å². The van der Waals surface area contributed by atoms with Gasteiger partial charge in [0.15, 0.2) is 0 Å². The first-order valence-electron chi connectivity index (χ1n) is 9.30. The van der Waals surface area contributed by atoms with E-state index in [1.807, 2.05) is 36.4 Å². The molecule has 3 aromatic rings. The molecular weight excluding hydrogens is 364 g/mol. The molecule has 0 atom stereocenters. The lowest BCUT2D eigenvalue weighted by molar-refractivity contribution is -0.111. The van der Waals surface area contributed by atoms with E-state index < -0.39 is 0 Å². The molecule has 2 aromatic carbocycles. The molecule has 0 radical (unpaired) electrons. The number of rotatable bonds is 8. The second-order valence-corrected chi connectivity index (χ2v) is 6.41. The van der Waals surface area contributed by atoms with Gasteiger partial charge in [-0.1, -0.05) is 24.3 Å². The number of ether oxygens (including phenoxy) is 1. The van der Waals surface area contributed by atoms with Gasteiger partial charge in [-0.25, -0.2) is 4.98 Å². The molecule has 6 nitrogen and oxygen atoms in total. The van der Waals surface area contributed by atoms with Crippen molar-refractivity contribution in [2.75, 3.05) is 30.0 Å². The quantitative estimate of drug-likeness (QED) is 0.401. The summed E-state index contributed by atoms with van der Waals surface area (Å²) in [5, 5.41) is 6.04. The van der Waals surface area contributed by atoms with Crippen LogP contribution < -0.4 is 21.1 Å². The molecule has 1 amide bonds. The molecule has 3 rings (SSSR count). The highest BCUT2D eigenvalue weighted by atomic mass is 16.5. The maximum atomic E-state index is 12.0. The number of nitrogens with one attached hydrogen (secondary N) is 2. The molecule has 0 aliphatic heterocycles. The normalized spacial score (nSPS) is 10.7. The number of nitrogens with two attached hydrogens (primary N) is 1. The number of nitrogen functional groups attached to an aromatic ring is 1. The van der Waals surface area contributed by atoms with E-state index in [4.69, 9.17) is 10.5 Å². The first-order valence-corrected chi connectivity index (χ1v) is 9.30. The number of carbonyl (C=O) groups is 1. The predicted octanol–water partition coefficient (Wildman–Crippen LogP) is 3.98. The minimum atomic E-state index is -0.246. The third-order valence-corrected chi connectivity index (χ3v) is 4.31. The van der Waals surface area contributed by atoms with Gasteiger partial charge in [-0.05, 0) is 60.0 Å². The number of aromatic nitrogens is 1. The highest BCUT2D eigenvalue weighted by molar-refractivity contribution is 6.03. The monoisotopic (exact) mass is 388 g/mol. The molecular formula is C23H24N4O2. The molecule has 0 saturated heterocycles. The van der Waals surface area contributed by atoms with E-state index in [-0.39, 0.29) is 5.91 Å². The zero-order valence-corrected chi connectivity index (χ0v) is 16.3. The number of methoxy groups -OCH3 is 1. The minimum absolute atomic E-state index is 0.246. The van der Waals surface area contributed by atoms with Crippen molar-refractivity contribution in [3.8, 4) is 5.75 Å². The fraction of sp³-hybridized carbons (Fsp3) is 0.130. The van der Waals surface area contributed by atoms with Gasteiger partial charge < -0.3 is 21.1 Å². The van der Waals surface area contributed by atoms with Gasteiger partial charge in [-0.2, -0.15) is 0 Å². The van der Waals surface area contributed by atoms with Gasteiger partial charge in [0.2, 0.25) is 5.91 Å². The van der Waals surface area contributed by atoms with Gasteiger partial charge in [0.25, 0.3) is 0 Å². The van der Waals surface area contributed by atoms with Crippen LogP contribution in [0.1, 0.15) is 11.1 Å². The Hall–Kier alpha value is -3.80. The first-order chi connectivity index (χ1) is 14.1. The standard InChI is InChI=1S/C23H24N4O2/c1-29-19-10-6-17(7-11-19)14-15-25-22-12-8-18(16-26-22)9-13-23(28)27-21-5-3-2-4-20(21)24/h2-13,16H,14-15,24H2,1H3,(H,25,26)(H,27,28). The number of anilines is 3. The van der Waals surface area contributed by atoms with E-state index in [1.165, 1.54) is 11.6 Å². The summed E-state index contributed by atoms with van der Waals surface area (Å²) >= 11 is 0. The number of amides is 1. The van der Waals surface area contributed by atoms with Crippen LogP contribution in [0.2, 0.25) is 0 Å². The lowest BCUT2D eigenvalue weighted by atomic mass is 10.1. The molecule has 0 unspecified atom stereocenters. The smallest absolute Gasteiger partial charge is 0.248 e. The molecule has 0 aliphatic rings. The Bertz CT molecular complexity index is 967. The number of nitrogens with zero attached hydrogens (tertiary/aromatic N) is 1. The van der Waals surface area contributed by atoms with Crippen molar-refractivity contribution >= 4 is 29.2 Å². The van der Waals surface area contributed by atoms with Crippen LogP contribution in [0.25, 0.3) is 6.08 Å². The fourth-order valence-electron chi connectivity index (χ4n) is 2.69. The summed E-state index contributed by atoms with van der Waals surface area (Å²) in [6.07, 6.45) is 5.77. The summed E-state index contributed by atoms with van der Waals surface area (Å²) < 4.78 is 5.16. The molecule has 1 aromatic heterocycles. The molecule has 0 spiro atoms. The summed E-state index contributed by atoms with van der Waals surface area (Å²) in [4.78, 5) is 16.4. The number of benzene rings is 2. The minimum Gasteiger partial charge on any atom is -0.497 e. The van der Waals surface area contributed by atoms with Crippen LogP contribution in [0, 0.1) is 0 Å². The summed E-state index contributed by atoms with van der Waals surface area (Å²) in [5.41, 5.74) is 9.00. The van der Waals surface area contributed by atoms with E-state index in [9.17, 15) is 4.79 Å². The van der Waals surface area contributed by atoms with Gasteiger partial charge in [-0.3, -0.25) is 4.79 Å². The molecule has 29 heavy (non-hydrogen) atoms. The van der Waals surface area contributed by atoms with Crippen molar-refractivity contribution in [3.63, 3.8) is 0 Å². The summed E-state index contributed by atoms with van der Waals surface area (Å²) in [6.45, 7) is 0.773. The highest BCUT2D eigenvalue weighted by Crippen LogP contribution is 2.17. The Labute approximate surface area is 170 Å². The number of hydrogen-bond acceptors (Lipinski definition) is 5. The van der Waals surface area contributed by atoms with Crippen molar-refractivity contribution < 1.29 is 9.53 Å². The van der Waals surface area contributed by atoms with Gasteiger partial charge in [0.05, 0.1) is 18.5 Å². The van der Waals surface area contributed by atoms with Gasteiger partial charge in [-0.15, -0.1) is 0 Å². The number of para-hydroxylation sites is 2. The Balaban J connectivity index is 1.47. The molecule has 148 valence electrons. The molecule has 1 heterocycles. The van der Waals surface area contributed by atoms with Crippen LogP contribution in [0.15, 0.2) is 72.9 Å². The van der Waals surface area contributed by atoms with Crippen LogP contribution in [0.3, 0.4) is 0 Å². The summed E-state index contributed by atoms with van der Waals surface area (Å²) in [7, 11) is 1.66. The van der Waals surface area contributed by atoms with Gasteiger partial charge in [0.1, 0.15) is 11.6 Å². The van der Waals surface area contributed by atoms with E-state index in [0.717, 1.165) is 30.1 Å². The average molecular weight is 388 g/mol. The van der Waals surface area contributed by atoms with Crippen molar-refractivity contribution in [1.29, 1.82) is 0 Å². The zero-order chi connectivity index (χ0) is 20.5. The molecule has 0 saturated carbocycles. The van der Waals surface area contributed by atoms with Crippen LogP contribution >= 0.6 is 0 Å². The molecule has 0 fully saturated rings. The lowest BCUT2D eigenvalue weighted by Gasteiger charge is -2.07. The largest absolute Gasteiger partial charge is 0.497 e. The van der Waals surface area contributed by atoms with Crippen molar-refractivity contribution in [3.05, 3.63) is 84.1 Å². The van der Waals surface area contributed by atoms with Gasteiger partial charge in [0, 0.05) is 18.8 Å². The third kappa shape index (κ3) is 6.10. The summed E-state index contributed by atoms with van der Waals surface area (Å²) in [5.74, 6) is 1.40. The SMILES string of the molecule is COc1ccc(CCNc2ccc(C=CC(=O)Nc3ccccc3N)cn2)cc1. The van der Waals surface area contributed by atoms with E-state index in [2.05, 4.69) is 27.8 Å². The number of hydrogen-bond donors (Lipinski definition) is 3.